The van der Waals surface area contributed by atoms with Crippen LogP contribution in [-0.4, -0.2) is 44.8 Å². The van der Waals surface area contributed by atoms with Crippen LogP contribution in [0.4, 0.5) is 5.82 Å². The lowest BCUT2D eigenvalue weighted by Crippen LogP contribution is -2.48. The lowest BCUT2D eigenvalue weighted by molar-refractivity contribution is 0.174. The molecule has 10 heteroatoms. The van der Waals surface area contributed by atoms with Crippen LogP contribution in [0.25, 0.3) is 10.9 Å². The number of anilines is 1. The topological polar surface area (TPSA) is 120 Å². The van der Waals surface area contributed by atoms with Crippen molar-refractivity contribution in [2.24, 2.45) is 11.1 Å². The quantitative estimate of drug-likeness (QED) is 0.776. The zero-order valence-electron chi connectivity index (χ0n) is 12.8. The van der Waals surface area contributed by atoms with Crippen LogP contribution in [0.2, 0.25) is 0 Å². The van der Waals surface area contributed by atoms with E-state index in [9.17, 15) is 8.42 Å². The van der Waals surface area contributed by atoms with Gasteiger partial charge in [-0.25, -0.2) is 19.8 Å². The van der Waals surface area contributed by atoms with E-state index in [0.717, 1.165) is 36.2 Å². The Balaban J connectivity index is 1.46. The Bertz CT molecular complexity index is 882. The first kappa shape index (κ1) is 15.4. The fraction of sp³-hybridized carbons (Fsp3) is 0.429. The molecule has 24 heavy (non-hydrogen) atoms. The molecule has 0 unspecified atom stereocenters. The normalized spacial score (nSPS) is 17.3. The summed E-state index contributed by atoms with van der Waals surface area (Å²) in [6, 6.07) is 3.76. The molecule has 1 aromatic carbocycles. The number of hydrogen-bond donors (Lipinski definition) is 2. The van der Waals surface area contributed by atoms with Gasteiger partial charge in [0.2, 0.25) is 6.79 Å². The highest BCUT2D eigenvalue weighted by Crippen LogP contribution is 2.39. The van der Waals surface area contributed by atoms with Gasteiger partial charge in [0.05, 0.1) is 5.52 Å². The van der Waals surface area contributed by atoms with Crippen LogP contribution in [0.3, 0.4) is 0 Å². The molecular weight excluding hydrogens is 334 g/mol. The number of nitrogens with zero attached hydrogens (tertiary/aromatic N) is 3. The molecule has 0 aliphatic carbocycles. The Morgan fingerprint density at radius 3 is 2.75 bits per heavy atom. The third kappa shape index (κ3) is 2.95. The van der Waals surface area contributed by atoms with E-state index in [0.29, 0.717) is 24.0 Å². The van der Waals surface area contributed by atoms with Crippen molar-refractivity contribution in [3.63, 3.8) is 0 Å². The van der Waals surface area contributed by atoms with Gasteiger partial charge in [-0.2, -0.15) is 8.42 Å². The second-order valence-electron chi connectivity index (χ2n) is 5.92. The van der Waals surface area contributed by atoms with Gasteiger partial charge in [-0.1, -0.05) is 0 Å². The lowest BCUT2D eigenvalue weighted by Gasteiger charge is -2.40. The summed E-state index contributed by atoms with van der Waals surface area (Å²) >= 11 is 0. The minimum Gasteiger partial charge on any atom is -0.454 e. The molecule has 1 fully saturated rings. The Kier molecular flexibility index (Phi) is 3.66. The Labute approximate surface area is 139 Å². The predicted molar refractivity (Wildman–Crippen MR) is 87.1 cm³/mol. The van der Waals surface area contributed by atoms with Gasteiger partial charge in [-0.05, 0) is 18.4 Å². The molecule has 2 aliphatic rings. The molecule has 0 spiro atoms. The first-order chi connectivity index (χ1) is 11.5. The van der Waals surface area contributed by atoms with Gasteiger partial charge in [0, 0.05) is 31.1 Å². The van der Waals surface area contributed by atoms with Crippen molar-refractivity contribution in [1.82, 2.24) is 14.7 Å². The smallest absolute Gasteiger partial charge is 0.274 e. The number of ether oxygens (including phenoxy) is 2. The number of aromatic nitrogens is 2. The summed E-state index contributed by atoms with van der Waals surface area (Å²) in [7, 11) is -3.61. The largest absolute Gasteiger partial charge is 0.454 e. The number of nitrogens with two attached hydrogens (primary N) is 1. The Hall–Kier alpha value is -2.17. The van der Waals surface area contributed by atoms with Crippen LogP contribution in [0.15, 0.2) is 18.5 Å². The molecule has 0 bridgehead atoms. The maximum atomic E-state index is 10.9. The first-order valence-electron chi connectivity index (χ1n) is 7.56. The second-order valence-corrected chi connectivity index (χ2v) is 7.30. The Morgan fingerprint density at radius 2 is 2.00 bits per heavy atom. The minimum atomic E-state index is -3.61. The molecule has 128 valence electrons. The summed E-state index contributed by atoms with van der Waals surface area (Å²) in [4.78, 5) is 10.8. The standard InChI is InChI=1S/C14H17N5O4S/c15-24(20,21)18-2-1-9-5-19(6-9)14-10-3-12-13(23-8-22-12)4-11(10)16-7-17-14/h3-4,7,9,18H,1-2,5-6,8H2,(H2,15,20,21). The highest BCUT2D eigenvalue weighted by Gasteiger charge is 2.29. The van der Waals surface area contributed by atoms with Gasteiger partial charge < -0.3 is 14.4 Å². The van der Waals surface area contributed by atoms with Gasteiger partial charge in [-0.15, -0.1) is 0 Å². The molecule has 2 aromatic rings. The molecule has 9 nitrogen and oxygen atoms in total. The number of benzene rings is 1. The van der Waals surface area contributed by atoms with E-state index in [1.165, 1.54) is 6.33 Å². The average Bonchev–Trinajstić information content (AvgIpc) is 2.93. The van der Waals surface area contributed by atoms with Crippen LogP contribution in [-0.2, 0) is 10.2 Å². The molecule has 0 saturated carbocycles. The van der Waals surface area contributed by atoms with Crippen molar-refractivity contribution < 1.29 is 17.9 Å². The SMILES string of the molecule is NS(=O)(=O)NCCC1CN(c2ncnc3cc4c(cc23)OCO4)C1. The highest BCUT2D eigenvalue weighted by atomic mass is 32.2. The van der Waals surface area contributed by atoms with E-state index in [-0.39, 0.29) is 6.79 Å². The van der Waals surface area contributed by atoms with E-state index in [1.54, 1.807) is 0 Å². The fourth-order valence-electron chi connectivity index (χ4n) is 3.02. The van der Waals surface area contributed by atoms with E-state index in [1.807, 2.05) is 12.1 Å². The lowest BCUT2D eigenvalue weighted by atomic mass is 9.96. The van der Waals surface area contributed by atoms with Gasteiger partial charge in [0.1, 0.15) is 12.1 Å². The van der Waals surface area contributed by atoms with Crippen molar-refractivity contribution in [2.75, 3.05) is 31.3 Å². The summed E-state index contributed by atoms with van der Waals surface area (Å²) in [5.41, 5.74) is 0.809. The maximum Gasteiger partial charge on any atom is 0.274 e. The van der Waals surface area contributed by atoms with Crippen molar-refractivity contribution >= 4 is 26.9 Å². The van der Waals surface area contributed by atoms with E-state index >= 15 is 0 Å². The fourth-order valence-corrected chi connectivity index (χ4v) is 3.42. The van der Waals surface area contributed by atoms with Gasteiger partial charge in [-0.3, -0.25) is 0 Å². The molecule has 1 aromatic heterocycles. The van der Waals surface area contributed by atoms with Crippen LogP contribution >= 0.6 is 0 Å². The molecule has 1 saturated heterocycles. The van der Waals surface area contributed by atoms with Crippen LogP contribution in [0.5, 0.6) is 11.5 Å². The van der Waals surface area contributed by atoms with Crippen molar-refractivity contribution in [3.8, 4) is 11.5 Å². The molecule has 0 amide bonds. The third-order valence-electron chi connectivity index (χ3n) is 4.22. The summed E-state index contributed by atoms with van der Waals surface area (Å²) in [6.07, 6.45) is 2.28. The van der Waals surface area contributed by atoms with Crippen LogP contribution in [0.1, 0.15) is 6.42 Å². The number of fused-ring (bicyclic) bond motifs is 2. The molecule has 3 N–H and O–H groups in total. The van der Waals surface area contributed by atoms with Crippen molar-refractivity contribution in [1.29, 1.82) is 0 Å². The van der Waals surface area contributed by atoms with Gasteiger partial charge >= 0.3 is 0 Å². The maximum absolute atomic E-state index is 10.9. The van der Waals surface area contributed by atoms with Crippen molar-refractivity contribution in [3.05, 3.63) is 18.5 Å². The molecule has 0 radical (unpaired) electrons. The molecule has 4 rings (SSSR count). The predicted octanol–water partition coefficient (Wildman–Crippen LogP) is -0.0221. The third-order valence-corrected chi connectivity index (χ3v) is 4.83. The minimum absolute atomic E-state index is 0.220. The zero-order valence-corrected chi connectivity index (χ0v) is 13.6. The second kappa shape index (κ2) is 5.72. The van der Waals surface area contributed by atoms with Crippen LogP contribution < -0.4 is 24.2 Å². The van der Waals surface area contributed by atoms with E-state index in [2.05, 4.69) is 19.6 Å². The number of nitrogens with one attached hydrogen (secondary N) is 1. The van der Waals surface area contributed by atoms with E-state index in [4.69, 9.17) is 14.6 Å². The highest BCUT2D eigenvalue weighted by molar-refractivity contribution is 7.87. The summed E-state index contributed by atoms with van der Waals surface area (Å²) < 4.78 is 34.8. The zero-order chi connectivity index (χ0) is 16.7. The summed E-state index contributed by atoms with van der Waals surface area (Å²) in [5, 5.41) is 5.84. The van der Waals surface area contributed by atoms with Gasteiger partial charge in [0.15, 0.2) is 11.5 Å². The number of hydrogen-bond acceptors (Lipinski definition) is 7. The Morgan fingerprint density at radius 1 is 1.25 bits per heavy atom. The molecule has 0 atom stereocenters. The summed E-state index contributed by atoms with van der Waals surface area (Å²) in [5.74, 6) is 2.66. The van der Waals surface area contributed by atoms with Crippen molar-refractivity contribution in [2.45, 2.75) is 6.42 Å². The summed E-state index contributed by atoms with van der Waals surface area (Å²) in [6.45, 7) is 2.19. The average molecular weight is 351 g/mol. The van der Waals surface area contributed by atoms with Crippen LogP contribution in [0, 0.1) is 5.92 Å². The molecule has 2 aliphatic heterocycles. The molecule has 3 heterocycles. The molecular formula is C14H17N5O4S. The van der Waals surface area contributed by atoms with E-state index < -0.39 is 10.2 Å². The first-order valence-corrected chi connectivity index (χ1v) is 9.11. The van der Waals surface area contributed by atoms with Gasteiger partial charge in [0.25, 0.3) is 10.2 Å². The monoisotopic (exact) mass is 351 g/mol. The number of rotatable bonds is 5.